The van der Waals surface area contributed by atoms with Gasteiger partial charge < -0.3 is 5.32 Å². The van der Waals surface area contributed by atoms with Crippen molar-refractivity contribution in [1.29, 1.82) is 0 Å². The van der Waals surface area contributed by atoms with Crippen molar-refractivity contribution in [3.8, 4) is 0 Å². The maximum Gasteiger partial charge on any atom is 0.0701 e. The molecule has 1 nitrogen and oxygen atoms in total. The molecule has 1 aliphatic rings. The van der Waals surface area contributed by atoms with Crippen LogP contribution in [-0.2, 0) is 0 Å². The minimum atomic E-state index is 0.480. The molecular formula is C17H28BrNS. The first-order chi connectivity index (χ1) is 9.57. The summed E-state index contributed by atoms with van der Waals surface area (Å²) in [5.74, 6) is 0.780. The van der Waals surface area contributed by atoms with Crippen LogP contribution in [0, 0.1) is 11.3 Å². The highest BCUT2D eigenvalue weighted by atomic mass is 79.9. The van der Waals surface area contributed by atoms with E-state index in [9.17, 15) is 0 Å². The van der Waals surface area contributed by atoms with E-state index in [1.165, 1.54) is 47.2 Å². The van der Waals surface area contributed by atoms with Gasteiger partial charge in [-0.25, -0.2) is 0 Å². The van der Waals surface area contributed by atoms with Gasteiger partial charge in [0.2, 0.25) is 0 Å². The fourth-order valence-corrected chi connectivity index (χ4v) is 5.54. The summed E-state index contributed by atoms with van der Waals surface area (Å²) in [6.45, 7) is 8.14. The molecule has 114 valence electrons. The molecular weight excluding hydrogens is 330 g/mol. The van der Waals surface area contributed by atoms with Crippen molar-refractivity contribution in [3.63, 3.8) is 0 Å². The van der Waals surface area contributed by atoms with Crippen LogP contribution in [0.25, 0.3) is 0 Å². The lowest BCUT2D eigenvalue weighted by Gasteiger charge is -2.39. The Bertz CT molecular complexity index is 407. The van der Waals surface area contributed by atoms with Crippen molar-refractivity contribution in [2.75, 3.05) is 6.54 Å². The van der Waals surface area contributed by atoms with E-state index in [1.54, 1.807) is 0 Å². The van der Waals surface area contributed by atoms with Crippen molar-refractivity contribution >= 4 is 27.3 Å². The Morgan fingerprint density at radius 1 is 1.30 bits per heavy atom. The summed E-state index contributed by atoms with van der Waals surface area (Å²) in [6, 6.07) is 5.07. The number of hydrogen-bond acceptors (Lipinski definition) is 2. The second kappa shape index (κ2) is 7.42. The van der Waals surface area contributed by atoms with Crippen LogP contribution in [0.1, 0.15) is 70.2 Å². The first kappa shape index (κ1) is 16.5. The highest BCUT2D eigenvalue weighted by molar-refractivity contribution is 9.11. The molecule has 1 atom stereocenters. The molecule has 1 saturated carbocycles. The van der Waals surface area contributed by atoms with Crippen LogP contribution in [0.15, 0.2) is 15.9 Å². The SMILES string of the molecule is CCCNC(c1ccc(Br)s1)C1(CC(C)C)CCCC1. The second-order valence-corrected chi connectivity index (χ2v) is 9.19. The molecule has 1 aliphatic carbocycles. The molecule has 1 unspecified atom stereocenters. The van der Waals surface area contributed by atoms with Gasteiger partial charge >= 0.3 is 0 Å². The van der Waals surface area contributed by atoms with Crippen LogP contribution in [-0.4, -0.2) is 6.54 Å². The summed E-state index contributed by atoms with van der Waals surface area (Å²) < 4.78 is 1.26. The molecule has 0 spiro atoms. The highest BCUT2D eigenvalue weighted by Gasteiger charge is 2.42. The molecule has 1 aromatic heterocycles. The average molecular weight is 358 g/mol. The van der Waals surface area contributed by atoms with E-state index < -0.39 is 0 Å². The van der Waals surface area contributed by atoms with Gasteiger partial charge in [0.25, 0.3) is 0 Å². The van der Waals surface area contributed by atoms with Crippen molar-refractivity contribution in [1.82, 2.24) is 5.32 Å². The standard InChI is InChI=1S/C17H28BrNS/c1-4-11-19-16(14-7-8-15(18)20-14)17(12-13(2)3)9-5-6-10-17/h7-8,13,16,19H,4-6,9-12H2,1-3H3. The number of hydrogen-bond donors (Lipinski definition) is 1. The second-order valence-electron chi connectivity index (χ2n) is 6.70. The van der Waals surface area contributed by atoms with E-state index >= 15 is 0 Å². The van der Waals surface area contributed by atoms with Crippen LogP contribution in [0.3, 0.4) is 0 Å². The van der Waals surface area contributed by atoms with Crippen molar-refractivity contribution in [2.24, 2.45) is 11.3 Å². The lowest BCUT2D eigenvalue weighted by Crippen LogP contribution is -2.37. The minimum absolute atomic E-state index is 0.480. The summed E-state index contributed by atoms with van der Waals surface area (Å²) in [6.07, 6.45) is 8.15. The highest BCUT2D eigenvalue weighted by Crippen LogP contribution is 2.52. The predicted molar refractivity (Wildman–Crippen MR) is 93.4 cm³/mol. The summed E-state index contributed by atoms with van der Waals surface area (Å²) in [5.41, 5.74) is 0.480. The van der Waals surface area contributed by atoms with E-state index in [2.05, 4.69) is 54.2 Å². The first-order valence-corrected chi connectivity index (χ1v) is 9.67. The van der Waals surface area contributed by atoms with Crippen LogP contribution in [0.5, 0.6) is 0 Å². The Labute approximate surface area is 136 Å². The minimum Gasteiger partial charge on any atom is -0.309 e. The summed E-state index contributed by atoms with van der Waals surface area (Å²) in [7, 11) is 0. The Balaban J connectivity index is 2.26. The zero-order valence-corrected chi connectivity index (χ0v) is 15.4. The third-order valence-corrected chi connectivity index (χ3v) is 6.19. The number of halogens is 1. The fraction of sp³-hybridized carbons (Fsp3) is 0.765. The molecule has 1 N–H and O–H groups in total. The zero-order valence-electron chi connectivity index (χ0n) is 13.0. The lowest BCUT2D eigenvalue weighted by molar-refractivity contribution is 0.158. The zero-order chi connectivity index (χ0) is 14.6. The molecule has 2 rings (SSSR count). The third kappa shape index (κ3) is 3.86. The summed E-state index contributed by atoms with van der Waals surface area (Å²) in [4.78, 5) is 1.52. The van der Waals surface area contributed by atoms with E-state index in [0.29, 0.717) is 11.5 Å². The van der Waals surface area contributed by atoms with E-state index in [1.807, 2.05) is 11.3 Å². The molecule has 20 heavy (non-hydrogen) atoms. The Morgan fingerprint density at radius 2 is 2.00 bits per heavy atom. The van der Waals surface area contributed by atoms with E-state index in [4.69, 9.17) is 0 Å². The van der Waals surface area contributed by atoms with Crippen LogP contribution in [0.2, 0.25) is 0 Å². The molecule has 1 heterocycles. The first-order valence-electron chi connectivity index (χ1n) is 8.06. The normalized spacial score (nSPS) is 19.6. The van der Waals surface area contributed by atoms with Crippen LogP contribution in [0.4, 0.5) is 0 Å². The van der Waals surface area contributed by atoms with E-state index in [-0.39, 0.29) is 0 Å². The average Bonchev–Trinajstić information content (AvgIpc) is 3.00. The Hall–Kier alpha value is 0.140. The fourth-order valence-electron chi connectivity index (χ4n) is 3.89. The molecule has 3 heteroatoms. The molecule has 1 aromatic rings. The molecule has 0 radical (unpaired) electrons. The van der Waals surface area contributed by atoms with E-state index in [0.717, 1.165) is 12.5 Å². The molecule has 0 bridgehead atoms. The van der Waals surface area contributed by atoms with Gasteiger partial charge in [-0.15, -0.1) is 11.3 Å². The predicted octanol–water partition coefficient (Wildman–Crippen LogP) is 6.16. The maximum atomic E-state index is 3.88. The lowest BCUT2D eigenvalue weighted by atomic mass is 9.72. The topological polar surface area (TPSA) is 12.0 Å². The molecule has 0 aromatic carbocycles. The van der Waals surface area contributed by atoms with Crippen molar-refractivity contribution in [3.05, 3.63) is 20.8 Å². The Kier molecular flexibility index (Phi) is 6.12. The number of nitrogens with one attached hydrogen (secondary N) is 1. The van der Waals surface area contributed by atoms with Gasteiger partial charge in [0, 0.05) is 10.9 Å². The molecule has 0 amide bonds. The number of rotatable bonds is 7. The van der Waals surface area contributed by atoms with Gasteiger partial charge in [0.1, 0.15) is 0 Å². The maximum absolute atomic E-state index is 3.88. The smallest absolute Gasteiger partial charge is 0.0701 e. The molecule has 0 aliphatic heterocycles. The van der Waals surface area contributed by atoms with Crippen LogP contribution < -0.4 is 5.32 Å². The van der Waals surface area contributed by atoms with Gasteiger partial charge in [0.15, 0.2) is 0 Å². The van der Waals surface area contributed by atoms with Crippen molar-refractivity contribution in [2.45, 2.75) is 65.3 Å². The van der Waals surface area contributed by atoms with Gasteiger partial charge in [-0.3, -0.25) is 0 Å². The summed E-state index contributed by atoms with van der Waals surface area (Å²) in [5, 5.41) is 3.88. The number of thiophene rings is 1. The Morgan fingerprint density at radius 3 is 2.50 bits per heavy atom. The molecule has 0 saturated heterocycles. The summed E-state index contributed by atoms with van der Waals surface area (Å²) >= 11 is 5.55. The molecule has 1 fully saturated rings. The van der Waals surface area contributed by atoms with Gasteiger partial charge in [0.05, 0.1) is 3.79 Å². The monoisotopic (exact) mass is 357 g/mol. The van der Waals surface area contributed by atoms with Crippen LogP contribution >= 0.6 is 27.3 Å². The van der Waals surface area contributed by atoms with Crippen molar-refractivity contribution < 1.29 is 0 Å². The van der Waals surface area contributed by atoms with Gasteiger partial charge in [-0.2, -0.15) is 0 Å². The van der Waals surface area contributed by atoms with Gasteiger partial charge in [-0.05, 0) is 71.6 Å². The van der Waals surface area contributed by atoms with Gasteiger partial charge in [-0.1, -0.05) is 33.6 Å². The quantitative estimate of drug-likeness (QED) is 0.616. The third-order valence-electron chi connectivity index (χ3n) is 4.50. The largest absolute Gasteiger partial charge is 0.309 e.